The Balaban J connectivity index is 2.88. The zero-order valence-electron chi connectivity index (χ0n) is 9.13. The Hall–Kier alpha value is -0.540. The van der Waals surface area contributed by atoms with Gasteiger partial charge in [0.2, 0.25) is 0 Å². The van der Waals surface area contributed by atoms with Crippen LogP contribution in [0, 0.1) is 0 Å². The Morgan fingerprint density at radius 1 is 1.50 bits per heavy atom. The van der Waals surface area contributed by atoms with Crippen molar-refractivity contribution in [1.29, 1.82) is 0 Å². The molecule has 0 fully saturated rings. The second-order valence-electron chi connectivity index (χ2n) is 3.42. The highest BCUT2D eigenvalue weighted by atomic mass is 79.9. The molecule has 16 heavy (non-hydrogen) atoms. The molecule has 0 unspecified atom stereocenters. The molecule has 2 nitrogen and oxygen atoms in total. The molecule has 1 aromatic rings. The van der Waals surface area contributed by atoms with E-state index in [0.717, 1.165) is 28.4 Å². The summed E-state index contributed by atoms with van der Waals surface area (Å²) < 4.78 is 5.70. The van der Waals surface area contributed by atoms with Gasteiger partial charge in [-0.25, -0.2) is 0 Å². The number of hydrogen-bond donors (Lipinski definition) is 0. The summed E-state index contributed by atoms with van der Waals surface area (Å²) in [7, 11) is 1.40. The van der Waals surface area contributed by atoms with Crippen LogP contribution in [-0.2, 0) is 22.4 Å². The minimum absolute atomic E-state index is 0.217. The molecule has 88 valence electrons. The average molecular weight is 306 g/mol. The van der Waals surface area contributed by atoms with Gasteiger partial charge in [-0.3, -0.25) is 4.79 Å². The van der Waals surface area contributed by atoms with Gasteiger partial charge in [0.1, 0.15) is 0 Å². The third kappa shape index (κ3) is 3.80. The zero-order valence-corrected chi connectivity index (χ0v) is 11.5. The van der Waals surface area contributed by atoms with Gasteiger partial charge in [-0.15, -0.1) is 11.6 Å². The molecule has 0 saturated carbocycles. The van der Waals surface area contributed by atoms with E-state index in [9.17, 15) is 4.79 Å². The molecule has 0 aromatic heterocycles. The van der Waals surface area contributed by atoms with E-state index in [1.807, 2.05) is 18.2 Å². The fourth-order valence-corrected chi connectivity index (χ4v) is 2.26. The lowest BCUT2D eigenvalue weighted by atomic mass is 10.0. The van der Waals surface area contributed by atoms with E-state index in [1.165, 1.54) is 7.11 Å². The molecule has 0 amide bonds. The lowest BCUT2D eigenvalue weighted by molar-refractivity contribution is -0.139. The van der Waals surface area contributed by atoms with Crippen molar-refractivity contribution >= 4 is 33.5 Å². The summed E-state index contributed by atoms with van der Waals surface area (Å²) in [5.41, 5.74) is 2.15. The van der Waals surface area contributed by atoms with Crippen LogP contribution in [0.1, 0.15) is 17.5 Å². The molecule has 1 aromatic carbocycles. The second kappa shape index (κ2) is 6.92. The molecule has 0 radical (unpaired) electrons. The predicted molar refractivity (Wildman–Crippen MR) is 68.9 cm³/mol. The van der Waals surface area contributed by atoms with Gasteiger partial charge in [-0.05, 0) is 30.0 Å². The molecule has 0 spiro atoms. The van der Waals surface area contributed by atoms with Crippen molar-refractivity contribution < 1.29 is 9.53 Å². The fraction of sp³-hybridized carbons (Fsp3) is 0.417. The van der Waals surface area contributed by atoms with Gasteiger partial charge >= 0.3 is 5.97 Å². The highest BCUT2D eigenvalue weighted by Gasteiger charge is 2.10. The van der Waals surface area contributed by atoms with Crippen molar-refractivity contribution in [3.63, 3.8) is 0 Å². The minimum Gasteiger partial charge on any atom is -0.469 e. The van der Waals surface area contributed by atoms with Crippen molar-refractivity contribution in [3.8, 4) is 0 Å². The van der Waals surface area contributed by atoms with Crippen molar-refractivity contribution in [2.75, 3.05) is 13.0 Å². The first-order valence-corrected chi connectivity index (χ1v) is 6.40. The molecule has 1 rings (SSSR count). The van der Waals surface area contributed by atoms with Gasteiger partial charge in [0, 0.05) is 10.4 Å². The summed E-state index contributed by atoms with van der Waals surface area (Å²) in [5.74, 6) is 0.407. The topological polar surface area (TPSA) is 26.3 Å². The molecular formula is C12H14BrClO2. The maximum atomic E-state index is 11.3. The van der Waals surface area contributed by atoms with E-state index >= 15 is 0 Å². The van der Waals surface area contributed by atoms with Gasteiger partial charge in [0.25, 0.3) is 0 Å². The third-order valence-corrected chi connectivity index (χ3v) is 3.35. The van der Waals surface area contributed by atoms with Crippen LogP contribution in [0.4, 0.5) is 0 Å². The minimum atomic E-state index is -0.217. The number of esters is 1. The van der Waals surface area contributed by atoms with Gasteiger partial charge in [0.15, 0.2) is 0 Å². The molecule has 0 aliphatic heterocycles. The molecule has 0 heterocycles. The van der Waals surface area contributed by atoms with Crippen molar-refractivity contribution in [3.05, 3.63) is 33.8 Å². The third-order valence-electron chi connectivity index (χ3n) is 2.34. The lowest BCUT2D eigenvalue weighted by Crippen LogP contribution is -2.07. The monoisotopic (exact) mass is 304 g/mol. The van der Waals surface area contributed by atoms with Crippen molar-refractivity contribution in [2.45, 2.75) is 19.3 Å². The lowest BCUT2D eigenvalue weighted by Gasteiger charge is -2.10. The number of halogens is 2. The van der Waals surface area contributed by atoms with Gasteiger partial charge < -0.3 is 4.74 Å². The smallest absolute Gasteiger partial charge is 0.309 e. The van der Waals surface area contributed by atoms with E-state index in [2.05, 4.69) is 20.7 Å². The maximum absolute atomic E-state index is 11.3. The largest absolute Gasteiger partial charge is 0.469 e. The molecule has 0 N–H and O–H groups in total. The number of ether oxygens (including phenoxy) is 1. The highest BCUT2D eigenvalue weighted by molar-refractivity contribution is 9.10. The fourth-order valence-electron chi connectivity index (χ4n) is 1.52. The Morgan fingerprint density at radius 2 is 2.25 bits per heavy atom. The summed E-state index contributed by atoms with van der Waals surface area (Å²) >= 11 is 9.18. The predicted octanol–water partition coefficient (Wildman–Crippen LogP) is 3.34. The van der Waals surface area contributed by atoms with Crippen LogP contribution in [0.3, 0.4) is 0 Å². The number of hydrogen-bond acceptors (Lipinski definition) is 2. The summed E-state index contributed by atoms with van der Waals surface area (Å²) in [6, 6.07) is 5.85. The van der Waals surface area contributed by atoms with E-state index in [-0.39, 0.29) is 5.97 Å². The van der Waals surface area contributed by atoms with Crippen LogP contribution in [0.2, 0.25) is 0 Å². The molecular weight excluding hydrogens is 291 g/mol. The van der Waals surface area contributed by atoms with Crippen molar-refractivity contribution in [1.82, 2.24) is 0 Å². The van der Waals surface area contributed by atoms with Gasteiger partial charge in [-0.2, -0.15) is 0 Å². The molecule has 0 atom stereocenters. The molecule has 0 aliphatic rings. The standard InChI is InChI=1S/C12H14BrClO2/c1-16-12(15)8-9-4-2-6-11(13)10(9)5-3-7-14/h2,4,6H,3,5,7-8H2,1H3. The van der Waals surface area contributed by atoms with Crippen LogP contribution in [0.25, 0.3) is 0 Å². The number of benzene rings is 1. The van der Waals surface area contributed by atoms with Crippen LogP contribution in [0.15, 0.2) is 22.7 Å². The SMILES string of the molecule is COC(=O)Cc1cccc(Br)c1CCCCl. The van der Waals surface area contributed by atoms with Crippen LogP contribution in [-0.4, -0.2) is 19.0 Å². The molecule has 0 bridgehead atoms. The number of methoxy groups -OCH3 is 1. The molecule has 0 saturated heterocycles. The number of alkyl halides is 1. The summed E-state index contributed by atoms with van der Waals surface area (Å²) in [6.07, 6.45) is 2.09. The summed E-state index contributed by atoms with van der Waals surface area (Å²) in [4.78, 5) is 11.3. The van der Waals surface area contributed by atoms with E-state index in [1.54, 1.807) is 0 Å². The van der Waals surface area contributed by atoms with Gasteiger partial charge in [-0.1, -0.05) is 28.1 Å². The Bertz CT molecular complexity index is 366. The van der Waals surface area contributed by atoms with E-state index in [4.69, 9.17) is 11.6 Å². The molecule has 4 heteroatoms. The Labute approximate surface area is 109 Å². The highest BCUT2D eigenvalue weighted by Crippen LogP contribution is 2.23. The molecule has 0 aliphatic carbocycles. The van der Waals surface area contributed by atoms with Crippen LogP contribution in [0.5, 0.6) is 0 Å². The first-order chi connectivity index (χ1) is 7.69. The maximum Gasteiger partial charge on any atom is 0.309 e. The van der Waals surface area contributed by atoms with Crippen molar-refractivity contribution in [2.24, 2.45) is 0 Å². The van der Waals surface area contributed by atoms with E-state index < -0.39 is 0 Å². The van der Waals surface area contributed by atoms with E-state index in [0.29, 0.717) is 12.3 Å². The Morgan fingerprint density at radius 3 is 2.88 bits per heavy atom. The second-order valence-corrected chi connectivity index (χ2v) is 4.66. The first-order valence-electron chi connectivity index (χ1n) is 5.08. The first kappa shape index (κ1) is 13.5. The van der Waals surface area contributed by atoms with Crippen LogP contribution >= 0.6 is 27.5 Å². The number of rotatable bonds is 5. The Kier molecular flexibility index (Phi) is 5.85. The summed E-state index contributed by atoms with van der Waals surface area (Å²) in [6.45, 7) is 0. The van der Waals surface area contributed by atoms with Crippen LogP contribution < -0.4 is 0 Å². The zero-order chi connectivity index (χ0) is 12.0. The normalized spacial score (nSPS) is 10.2. The summed E-state index contributed by atoms with van der Waals surface area (Å²) in [5, 5.41) is 0. The quantitative estimate of drug-likeness (QED) is 0.616. The van der Waals surface area contributed by atoms with Gasteiger partial charge in [0.05, 0.1) is 13.5 Å². The number of carbonyl (C=O) groups is 1. The average Bonchev–Trinajstić information content (AvgIpc) is 2.28. The number of carbonyl (C=O) groups excluding carboxylic acids is 1.